The maximum atomic E-state index is 11.6. The smallest absolute Gasteiger partial charge is 0.407 e. The Labute approximate surface area is 183 Å². The van der Waals surface area contributed by atoms with E-state index in [0.29, 0.717) is 21.9 Å². The molecule has 0 aromatic rings. The van der Waals surface area contributed by atoms with Crippen LogP contribution in [0.1, 0.15) is 25.7 Å². The number of hydrogen-bond donors (Lipinski definition) is 2. The van der Waals surface area contributed by atoms with Crippen molar-refractivity contribution in [3.63, 3.8) is 0 Å². The maximum absolute atomic E-state index is 11.6. The van der Waals surface area contributed by atoms with Crippen LogP contribution in [0, 0.1) is 0 Å². The van der Waals surface area contributed by atoms with Gasteiger partial charge in [-0.15, -0.1) is 0 Å². The summed E-state index contributed by atoms with van der Waals surface area (Å²) in [6.45, 7) is 1.51. The largest absolute Gasteiger partial charge is 0.471 e. The van der Waals surface area contributed by atoms with Crippen LogP contribution in [0.2, 0.25) is 0 Å². The van der Waals surface area contributed by atoms with E-state index in [1.54, 1.807) is 0 Å². The number of hydrogen-bond acceptors (Lipinski definition) is 10. The average molecular weight is 469 g/mol. The van der Waals surface area contributed by atoms with E-state index >= 15 is 0 Å². The van der Waals surface area contributed by atoms with Crippen LogP contribution in [-0.2, 0) is 18.9 Å². The summed E-state index contributed by atoms with van der Waals surface area (Å²) >= 11 is 12.7. The Morgan fingerprint density at radius 1 is 0.857 bits per heavy atom. The third-order valence-corrected chi connectivity index (χ3v) is 6.38. The average Bonchev–Trinajstić information content (AvgIpc) is 3.28. The highest BCUT2D eigenvalue weighted by atomic mass is 32.2. The summed E-state index contributed by atoms with van der Waals surface area (Å²) in [5.74, 6) is 1.43. The predicted molar refractivity (Wildman–Crippen MR) is 117 cm³/mol. The Kier molecular flexibility index (Phi) is 11.1. The van der Waals surface area contributed by atoms with Crippen LogP contribution < -0.4 is 10.6 Å². The maximum Gasteiger partial charge on any atom is 0.407 e. The van der Waals surface area contributed by atoms with Crippen molar-refractivity contribution in [3.05, 3.63) is 0 Å². The molecule has 2 aliphatic rings. The molecular weight excluding hydrogens is 444 g/mol. The standard InChI is InChI=1S/C16H24N2O6S4/c19-13(21-7-11-9-27-15(25)23-11)17-5-3-1-2-4-6-18-14(20)22-8-12-10-28-16(26)24-12/h11-12H,1-10H2,(H,17,19)(H,18,20). The van der Waals surface area contributed by atoms with Crippen LogP contribution in [0.3, 0.4) is 0 Å². The van der Waals surface area contributed by atoms with Crippen LogP contribution in [0.5, 0.6) is 0 Å². The van der Waals surface area contributed by atoms with Crippen LogP contribution >= 0.6 is 48.0 Å². The molecule has 0 aromatic heterocycles. The number of thiocarbonyl (C=S) groups is 2. The van der Waals surface area contributed by atoms with Gasteiger partial charge in [0, 0.05) is 24.6 Å². The molecule has 0 saturated carbocycles. The zero-order valence-electron chi connectivity index (χ0n) is 15.3. The normalized spacial score (nSPS) is 21.0. The molecule has 8 nitrogen and oxygen atoms in total. The molecule has 2 heterocycles. The highest BCUT2D eigenvalue weighted by molar-refractivity contribution is 8.23. The Morgan fingerprint density at radius 3 is 1.64 bits per heavy atom. The lowest BCUT2D eigenvalue weighted by Crippen LogP contribution is -2.29. The molecule has 2 N–H and O–H groups in total. The van der Waals surface area contributed by atoms with Crippen molar-refractivity contribution in [1.82, 2.24) is 10.6 Å². The number of rotatable bonds is 11. The lowest BCUT2D eigenvalue weighted by molar-refractivity contribution is 0.0935. The molecule has 0 radical (unpaired) electrons. The number of ether oxygens (including phenoxy) is 4. The minimum absolute atomic E-state index is 0.149. The van der Waals surface area contributed by atoms with Gasteiger partial charge in [-0.2, -0.15) is 0 Å². The van der Waals surface area contributed by atoms with Gasteiger partial charge in [-0.25, -0.2) is 9.59 Å². The second-order valence-corrected chi connectivity index (χ2v) is 9.31. The van der Waals surface area contributed by atoms with E-state index in [4.69, 9.17) is 43.4 Å². The van der Waals surface area contributed by atoms with Crippen molar-refractivity contribution in [2.24, 2.45) is 0 Å². The number of unbranched alkanes of at least 4 members (excludes halogenated alkanes) is 3. The SMILES string of the molecule is O=C(NCCCCCCNC(=O)OCC1CSC(=S)O1)OCC1CSC(=S)O1. The van der Waals surface area contributed by atoms with Gasteiger partial charge in [0.15, 0.2) is 0 Å². The third-order valence-electron chi connectivity index (χ3n) is 3.74. The summed E-state index contributed by atoms with van der Waals surface area (Å²) in [4.78, 5) is 23.1. The Bertz CT molecular complexity index is 517. The molecule has 2 amide bonds. The molecule has 0 bridgehead atoms. The minimum Gasteiger partial charge on any atom is -0.471 e. The summed E-state index contributed by atoms with van der Waals surface area (Å²) in [5, 5.41) is 5.41. The van der Waals surface area contributed by atoms with E-state index in [1.807, 2.05) is 0 Å². The molecule has 0 spiro atoms. The fourth-order valence-corrected chi connectivity index (χ4v) is 4.38. The van der Waals surface area contributed by atoms with Crippen molar-refractivity contribution in [2.45, 2.75) is 37.9 Å². The summed E-state index contributed by atoms with van der Waals surface area (Å²) in [6.07, 6.45) is 2.39. The van der Waals surface area contributed by atoms with E-state index in [0.717, 1.165) is 37.2 Å². The van der Waals surface area contributed by atoms with E-state index in [-0.39, 0.29) is 25.4 Å². The molecular formula is C16H24N2O6S4. The highest BCUT2D eigenvalue weighted by Gasteiger charge is 2.23. The predicted octanol–water partition coefficient (Wildman–Crippen LogP) is 2.83. The lowest BCUT2D eigenvalue weighted by Gasteiger charge is -2.11. The summed E-state index contributed by atoms with van der Waals surface area (Å²) < 4.78 is 21.8. The van der Waals surface area contributed by atoms with Gasteiger partial charge < -0.3 is 29.6 Å². The van der Waals surface area contributed by atoms with E-state index in [9.17, 15) is 9.59 Å². The Morgan fingerprint density at radius 2 is 1.29 bits per heavy atom. The summed E-state index contributed by atoms with van der Waals surface area (Å²) in [7, 11) is 0. The first-order valence-electron chi connectivity index (χ1n) is 9.01. The number of nitrogens with one attached hydrogen (secondary N) is 2. The van der Waals surface area contributed by atoms with E-state index in [1.165, 1.54) is 23.5 Å². The zero-order chi connectivity index (χ0) is 20.2. The van der Waals surface area contributed by atoms with Crippen LogP contribution in [0.4, 0.5) is 9.59 Å². The van der Waals surface area contributed by atoms with E-state index in [2.05, 4.69) is 10.6 Å². The van der Waals surface area contributed by atoms with Gasteiger partial charge in [-0.1, -0.05) is 36.4 Å². The first-order valence-corrected chi connectivity index (χ1v) is 11.8. The number of carbonyl (C=O) groups excluding carboxylic acids is 2. The van der Waals surface area contributed by atoms with Crippen molar-refractivity contribution in [3.8, 4) is 0 Å². The van der Waals surface area contributed by atoms with Gasteiger partial charge in [0.05, 0.1) is 0 Å². The van der Waals surface area contributed by atoms with Gasteiger partial charge in [0.1, 0.15) is 25.4 Å². The van der Waals surface area contributed by atoms with Gasteiger partial charge >= 0.3 is 12.2 Å². The van der Waals surface area contributed by atoms with Crippen molar-refractivity contribution >= 4 is 68.9 Å². The van der Waals surface area contributed by atoms with Crippen molar-refractivity contribution in [2.75, 3.05) is 37.8 Å². The summed E-state index contributed by atoms with van der Waals surface area (Å²) in [5.41, 5.74) is 0. The molecule has 2 unspecified atom stereocenters. The molecule has 28 heavy (non-hydrogen) atoms. The minimum atomic E-state index is -0.443. The molecule has 2 aliphatic heterocycles. The molecule has 158 valence electrons. The Hall–Kier alpha value is -0.980. The lowest BCUT2D eigenvalue weighted by atomic mass is 10.2. The van der Waals surface area contributed by atoms with Crippen molar-refractivity contribution < 1.29 is 28.5 Å². The first-order chi connectivity index (χ1) is 13.5. The quantitative estimate of drug-likeness (QED) is 0.348. The van der Waals surface area contributed by atoms with Gasteiger partial charge in [0.2, 0.25) is 8.77 Å². The molecule has 2 atom stereocenters. The molecule has 0 aromatic carbocycles. The van der Waals surface area contributed by atoms with Gasteiger partial charge in [-0.05, 0) is 37.3 Å². The number of thioether (sulfide) groups is 2. The molecule has 2 saturated heterocycles. The third kappa shape index (κ3) is 9.99. The topological polar surface area (TPSA) is 95.1 Å². The number of amides is 2. The second-order valence-electron chi connectivity index (χ2n) is 6.07. The van der Waals surface area contributed by atoms with Gasteiger partial charge in [0.25, 0.3) is 0 Å². The second kappa shape index (κ2) is 13.3. The molecule has 2 fully saturated rings. The van der Waals surface area contributed by atoms with Crippen LogP contribution in [-0.4, -0.2) is 71.0 Å². The fraction of sp³-hybridized carbons (Fsp3) is 0.750. The van der Waals surface area contributed by atoms with Gasteiger partial charge in [-0.3, -0.25) is 0 Å². The monoisotopic (exact) mass is 468 g/mol. The number of alkyl carbamates (subject to hydrolysis) is 2. The van der Waals surface area contributed by atoms with Crippen LogP contribution in [0.25, 0.3) is 0 Å². The van der Waals surface area contributed by atoms with Crippen molar-refractivity contribution in [1.29, 1.82) is 0 Å². The molecule has 0 aliphatic carbocycles. The zero-order valence-corrected chi connectivity index (χ0v) is 18.6. The number of carbonyl (C=O) groups is 2. The van der Waals surface area contributed by atoms with E-state index < -0.39 is 12.2 Å². The van der Waals surface area contributed by atoms with Crippen LogP contribution in [0.15, 0.2) is 0 Å². The highest BCUT2D eigenvalue weighted by Crippen LogP contribution is 2.20. The first kappa shape index (κ1) is 23.3. The molecule has 12 heteroatoms. The Balaban J connectivity index is 1.34. The molecule has 2 rings (SSSR count). The fourth-order valence-electron chi connectivity index (χ4n) is 2.32. The summed E-state index contributed by atoms with van der Waals surface area (Å²) in [6, 6.07) is 0.